The maximum atomic E-state index is 12.9. The van der Waals surface area contributed by atoms with Crippen molar-refractivity contribution in [2.45, 2.75) is 271 Å². The van der Waals surface area contributed by atoms with Gasteiger partial charge in [0, 0.05) is 19.3 Å². The first-order chi connectivity index (χ1) is 37.0. The average molecular weight is 1040 g/mol. The Kier molecular flexibility index (Phi) is 58.4. The van der Waals surface area contributed by atoms with E-state index in [2.05, 4.69) is 154 Å². The van der Waals surface area contributed by atoms with Crippen LogP contribution in [0.15, 0.2) is 134 Å². The normalized spacial score (nSPS) is 13.1. The van der Waals surface area contributed by atoms with Gasteiger partial charge in [-0.2, -0.15) is 0 Å². The summed E-state index contributed by atoms with van der Waals surface area (Å²) in [6, 6.07) is 0. The number of rotatable bonds is 54. The molecule has 0 amide bonds. The zero-order valence-corrected chi connectivity index (χ0v) is 48.5. The number of unbranched alkanes of at least 4 members (excludes halogenated alkanes) is 21. The highest BCUT2D eigenvalue weighted by molar-refractivity contribution is 5.71. The van der Waals surface area contributed by atoms with Crippen molar-refractivity contribution in [3.8, 4) is 0 Å². The summed E-state index contributed by atoms with van der Waals surface area (Å²) < 4.78 is 16.8. The van der Waals surface area contributed by atoms with Gasteiger partial charge in [0.15, 0.2) is 6.10 Å². The molecule has 0 N–H and O–H groups in total. The van der Waals surface area contributed by atoms with Crippen LogP contribution in [0.2, 0.25) is 0 Å². The molecule has 0 heterocycles. The van der Waals surface area contributed by atoms with Gasteiger partial charge < -0.3 is 14.2 Å². The van der Waals surface area contributed by atoms with E-state index in [1.807, 2.05) is 0 Å². The molecule has 0 aromatic carbocycles. The molecular formula is C69H112O6. The third-order valence-electron chi connectivity index (χ3n) is 12.6. The van der Waals surface area contributed by atoms with Crippen molar-refractivity contribution in [3.05, 3.63) is 134 Å². The van der Waals surface area contributed by atoms with E-state index in [9.17, 15) is 14.4 Å². The Morgan fingerprint density at radius 2 is 0.520 bits per heavy atom. The number of allylic oxidation sites excluding steroid dienone is 22. The second kappa shape index (κ2) is 62.1. The predicted molar refractivity (Wildman–Crippen MR) is 325 cm³/mol. The quantitative estimate of drug-likeness (QED) is 0.0261. The molecule has 424 valence electrons. The number of hydrogen-bond donors (Lipinski definition) is 0. The number of carbonyl (C=O) groups is 3. The monoisotopic (exact) mass is 1040 g/mol. The van der Waals surface area contributed by atoms with Crippen LogP contribution < -0.4 is 0 Å². The molecule has 0 aliphatic heterocycles. The van der Waals surface area contributed by atoms with Crippen LogP contribution in [0.4, 0.5) is 0 Å². The first-order valence-corrected chi connectivity index (χ1v) is 30.7. The van der Waals surface area contributed by atoms with Gasteiger partial charge in [-0.15, -0.1) is 0 Å². The highest BCUT2D eigenvalue weighted by Crippen LogP contribution is 2.15. The Morgan fingerprint density at radius 3 is 0.853 bits per heavy atom. The summed E-state index contributed by atoms with van der Waals surface area (Å²) in [6.07, 6.45) is 87.4. The number of carbonyl (C=O) groups excluding carboxylic acids is 3. The summed E-state index contributed by atoms with van der Waals surface area (Å²) >= 11 is 0. The van der Waals surface area contributed by atoms with Crippen LogP contribution in [0, 0.1) is 0 Å². The van der Waals surface area contributed by atoms with Crippen LogP contribution in [-0.4, -0.2) is 37.2 Å². The van der Waals surface area contributed by atoms with Gasteiger partial charge in [0.2, 0.25) is 0 Å². The molecule has 6 nitrogen and oxygen atoms in total. The van der Waals surface area contributed by atoms with Gasteiger partial charge in [-0.3, -0.25) is 14.4 Å². The predicted octanol–water partition coefficient (Wildman–Crippen LogP) is 21.0. The lowest BCUT2D eigenvalue weighted by Crippen LogP contribution is -2.30. The van der Waals surface area contributed by atoms with Crippen molar-refractivity contribution in [2.24, 2.45) is 0 Å². The molecule has 0 aliphatic carbocycles. The molecule has 0 radical (unpaired) electrons. The average Bonchev–Trinajstić information content (AvgIpc) is 3.41. The SMILES string of the molecule is CC/C=C\C/C=C\C/C=C\C/C=C\C/C=C\C/C=C\CCCCC(=O)OC(COC(=O)CCCCC/C=C\C/C=C\C/C=C\CC)COC(=O)CCCCCCCCCCCCC/C=C\C/C=C\CCCCCCC. The lowest BCUT2D eigenvalue weighted by Gasteiger charge is -2.18. The lowest BCUT2D eigenvalue weighted by molar-refractivity contribution is -0.167. The van der Waals surface area contributed by atoms with Crippen LogP contribution in [0.1, 0.15) is 265 Å². The molecular weight excluding hydrogens is 925 g/mol. The second-order valence-corrected chi connectivity index (χ2v) is 19.8. The maximum absolute atomic E-state index is 12.9. The van der Waals surface area contributed by atoms with Crippen LogP contribution in [0.25, 0.3) is 0 Å². The van der Waals surface area contributed by atoms with Gasteiger partial charge in [-0.25, -0.2) is 0 Å². The van der Waals surface area contributed by atoms with Crippen molar-refractivity contribution in [1.82, 2.24) is 0 Å². The minimum atomic E-state index is -0.820. The van der Waals surface area contributed by atoms with Crippen molar-refractivity contribution >= 4 is 17.9 Å². The highest BCUT2D eigenvalue weighted by Gasteiger charge is 2.19. The van der Waals surface area contributed by atoms with Crippen molar-refractivity contribution in [2.75, 3.05) is 13.2 Å². The second-order valence-electron chi connectivity index (χ2n) is 19.8. The Morgan fingerprint density at radius 1 is 0.280 bits per heavy atom. The van der Waals surface area contributed by atoms with E-state index in [0.29, 0.717) is 19.3 Å². The molecule has 0 rings (SSSR count). The summed E-state index contributed by atoms with van der Waals surface area (Å²) in [5, 5.41) is 0. The van der Waals surface area contributed by atoms with Gasteiger partial charge in [0.1, 0.15) is 13.2 Å². The summed E-state index contributed by atoms with van der Waals surface area (Å²) in [5.74, 6) is -0.988. The number of ether oxygens (including phenoxy) is 3. The zero-order valence-electron chi connectivity index (χ0n) is 48.5. The smallest absolute Gasteiger partial charge is 0.306 e. The van der Waals surface area contributed by atoms with E-state index in [0.717, 1.165) is 122 Å². The molecule has 0 saturated heterocycles. The van der Waals surface area contributed by atoms with Crippen LogP contribution in [-0.2, 0) is 28.6 Å². The molecule has 0 aliphatic rings. The molecule has 0 fully saturated rings. The summed E-state index contributed by atoms with van der Waals surface area (Å²) in [4.78, 5) is 38.2. The maximum Gasteiger partial charge on any atom is 0.306 e. The Labute approximate surface area is 462 Å². The Balaban J connectivity index is 4.45. The largest absolute Gasteiger partial charge is 0.462 e. The standard InChI is InChI=1S/C69H112O6/c1-4-7-10-13-16-19-22-25-27-29-31-33-34-36-37-39-41-44-47-50-53-56-59-62-68(71)74-65-66(64-73-67(70)61-58-55-52-49-46-43-24-21-18-15-12-9-6-3)75-69(72)63-60-57-54-51-48-45-42-40-38-35-32-30-28-26-23-20-17-14-11-8-5-2/h8-9,11-12,17-18,20-22,25-26,28-29,31-32,35,40,42-43,46,48,51,66H,4-7,10,13-16,19,23-24,27,30,33-34,36-39,41,44-45,47,49-50,52-65H2,1-3H3/b11-8-,12-9-,20-17-,21-18-,25-22-,28-26-,31-29-,35-32-,42-40-,46-43-,51-48-. The number of esters is 3. The van der Waals surface area contributed by atoms with Crippen molar-refractivity contribution in [3.63, 3.8) is 0 Å². The highest BCUT2D eigenvalue weighted by atomic mass is 16.6. The Hall–Kier alpha value is -4.45. The number of hydrogen-bond acceptors (Lipinski definition) is 6. The molecule has 75 heavy (non-hydrogen) atoms. The topological polar surface area (TPSA) is 78.9 Å². The summed E-state index contributed by atoms with van der Waals surface area (Å²) in [6.45, 7) is 6.34. The lowest BCUT2D eigenvalue weighted by atomic mass is 10.0. The molecule has 0 aromatic rings. The third-order valence-corrected chi connectivity index (χ3v) is 12.6. The minimum absolute atomic E-state index is 0.110. The fourth-order valence-electron chi connectivity index (χ4n) is 8.08. The van der Waals surface area contributed by atoms with E-state index in [-0.39, 0.29) is 37.5 Å². The van der Waals surface area contributed by atoms with E-state index >= 15 is 0 Å². The molecule has 1 atom stereocenters. The van der Waals surface area contributed by atoms with Gasteiger partial charge in [-0.1, -0.05) is 244 Å². The van der Waals surface area contributed by atoms with Gasteiger partial charge in [-0.05, 0) is 135 Å². The first-order valence-electron chi connectivity index (χ1n) is 30.7. The molecule has 0 spiro atoms. The molecule has 0 aromatic heterocycles. The Bertz CT molecular complexity index is 1620. The summed E-state index contributed by atoms with van der Waals surface area (Å²) in [7, 11) is 0. The van der Waals surface area contributed by atoms with Crippen LogP contribution in [0.5, 0.6) is 0 Å². The fourth-order valence-corrected chi connectivity index (χ4v) is 8.08. The first kappa shape index (κ1) is 70.5. The van der Waals surface area contributed by atoms with Crippen molar-refractivity contribution in [1.29, 1.82) is 0 Å². The molecule has 0 bridgehead atoms. The fraction of sp³-hybridized carbons (Fsp3) is 0.638. The van der Waals surface area contributed by atoms with Gasteiger partial charge in [0.05, 0.1) is 0 Å². The van der Waals surface area contributed by atoms with E-state index < -0.39 is 6.10 Å². The summed E-state index contributed by atoms with van der Waals surface area (Å²) in [5.41, 5.74) is 0. The van der Waals surface area contributed by atoms with E-state index in [1.54, 1.807) is 0 Å². The van der Waals surface area contributed by atoms with Crippen LogP contribution in [0.3, 0.4) is 0 Å². The van der Waals surface area contributed by atoms with Gasteiger partial charge in [0.25, 0.3) is 0 Å². The minimum Gasteiger partial charge on any atom is -0.462 e. The molecule has 1 unspecified atom stereocenters. The van der Waals surface area contributed by atoms with E-state index in [1.165, 1.54) is 96.3 Å². The third kappa shape index (κ3) is 60.3. The van der Waals surface area contributed by atoms with E-state index in [4.69, 9.17) is 14.2 Å². The molecule has 6 heteroatoms. The zero-order chi connectivity index (χ0) is 54.3. The van der Waals surface area contributed by atoms with Gasteiger partial charge >= 0.3 is 17.9 Å². The van der Waals surface area contributed by atoms with Crippen LogP contribution >= 0.6 is 0 Å². The van der Waals surface area contributed by atoms with Crippen molar-refractivity contribution < 1.29 is 28.6 Å². The molecule has 0 saturated carbocycles.